The predicted molar refractivity (Wildman–Crippen MR) is 117 cm³/mol. The number of halogens is 3. The molecule has 0 aliphatic heterocycles. The third-order valence-electron chi connectivity index (χ3n) is 5.35. The summed E-state index contributed by atoms with van der Waals surface area (Å²) < 4.78 is 27.2. The van der Waals surface area contributed by atoms with Crippen LogP contribution in [0.25, 0.3) is 11.1 Å². The van der Waals surface area contributed by atoms with E-state index in [9.17, 15) is 8.78 Å². The molecule has 1 aliphatic rings. The Labute approximate surface area is 179 Å². The molecular formula is C23H23ClF2N4. The molecule has 156 valence electrons. The highest BCUT2D eigenvalue weighted by molar-refractivity contribution is 6.33. The van der Waals surface area contributed by atoms with Gasteiger partial charge in [0, 0.05) is 47.9 Å². The summed E-state index contributed by atoms with van der Waals surface area (Å²) >= 11 is 6.41. The average Bonchev–Trinajstić information content (AvgIpc) is 2.77. The number of benzene rings is 1. The van der Waals surface area contributed by atoms with Crippen LogP contribution in [-0.2, 0) is 6.54 Å². The molecule has 0 amide bonds. The zero-order chi connectivity index (χ0) is 20.9. The van der Waals surface area contributed by atoms with Gasteiger partial charge in [0.15, 0.2) is 0 Å². The molecule has 1 saturated carbocycles. The standard InChI is InChI=1S/C23H23ClF2N4/c24-21-14-29-23(30-18-4-2-1-3-5-18)10-20(21)15-9-19(13-27-11-15)28-12-16-8-17(25)6-7-22(16)26/h6-11,13-14,18,28H,1-5,12H2,(H,29,30). The van der Waals surface area contributed by atoms with Gasteiger partial charge in [0.05, 0.1) is 10.7 Å². The van der Waals surface area contributed by atoms with Crippen molar-refractivity contribution in [2.45, 2.75) is 44.7 Å². The van der Waals surface area contributed by atoms with Crippen LogP contribution in [0.15, 0.2) is 48.9 Å². The van der Waals surface area contributed by atoms with E-state index in [1.807, 2.05) is 12.1 Å². The SMILES string of the molecule is Fc1ccc(F)c(CNc2cncc(-c3cc(NC4CCCCC4)ncc3Cl)c2)c1. The van der Waals surface area contributed by atoms with Crippen LogP contribution < -0.4 is 10.6 Å². The van der Waals surface area contributed by atoms with Crippen LogP contribution in [0, 0.1) is 11.6 Å². The molecule has 0 saturated heterocycles. The first-order chi connectivity index (χ1) is 14.6. The van der Waals surface area contributed by atoms with E-state index in [2.05, 4.69) is 20.6 Å². The molecule has 1 aliphatic carbocycles. The van der Waals surface area contributed by atoms with Gasteiger partial charge in [-0.15, -0.1) is 0 Å². The van der Waals surface area contributed by atoms with Crippen molar-refractivity contribution >= 4 is 23.1 Å². The maximum Gasteiger partial charge on any atom is 0.128 e. The van der Waals surface area contributed by atoms with Gasteiger partial charge in [-0.05, 0) is 43.2 Å². The molecule has 0 atom stereocenters. The van der Waals surface area contributed by atoms with E-state index < -0.39 is 11.6 Å². The zero-order valence-electron chi connectivity index (χ0n) is 16.5. The monoisotopic (exact) mass is 428 g/mol. The summed E-state index contributed by atoms with van der Waals surface area (Å²) in [6.45, 7) is 0.146. The molecule has 2 heterocycles. The number of pyridine rings is 2. The van der Waals surface area contributed by atoms with Gasteiger partial charge >= 0.3 is 0 Å². The lowest BCUT2D eigenvalue weighted by molar-refractivity contribution is 0.462. The van der Waals surface area contributed by atoms with E-state index in [0.29, 0.717) is 16.8 Å². The van der Waals surface area contributed by atoms with Crippen LogP contribution in [0.4, 0.5) is 20.3 Å². The molecule has 7 heteroatoms. The first kappa shape index (κ1) is 20.5. The normalized spacial score (nSPS) is 14.5. The van der Waals surface area contributed by atoms with Gasteiger partial charge in [0.25, 0.3) is 0 Å². The fraction of sp³-hybridized carbons (Fsp3) is 0.304. The molecule has 0 radical (unpaired) electrons. The second kappa shape index (κ2) is 9.39. The summed E-state index contributed by atoms with van der Waals surface area (Å²) in [5.74, 6) is -0.133. The Morgan fingerprint density at radius 1 is 1.00 bits per heavy atom. The van der Waals surface area contributed by atoms with E-state index in [4.69, 9.17) is 11.6 Å². The molecule has 4 rings (SSSR count). The average molecular weight is 429 g/mol. The second-order valence-electron chi connectivity index (χ2n) is 7.58. The quantitative estimate of drug-likeness (QED) is 0.474. The van der Waals surface area contributed by atoms with Crippen LogP contribution in [0.1, 0.15) is 37.7 Å². The van der Waals surface area contributed by atoms with Gasteiger partial charge in [-0.2, -0.15) is 0 Å². The predicted octanol–water partition coefficient (Wildman–Crippen LogP) is 6.43. The van der Waals surface area contributed by atoms with Gasteiger partial charge in [0.1, 0.15) is 17.5 Å². The van der Waals surface area contributed by atoms with Crippen molar-refractivity contribution in [3.8, 4) is 11.1 Å². The molecule has 4 nitrogen and oxygen atoms in total. The van der Waals surface area contributed by atoms with Crippen LogP contribution >= 0.6 is 11.6 Å². The van der Waals surface area contributed by atoms with Gasteiger partial charge in [-0.1, -0.05) is 30.9 Å². The van der Waals surface area contributed by atoms with Gasteiger partial charge in [-0.3, -0.25) is 4.98 Å². The number of nitrogens with one attached hydrogen (secondary N) is 2. The van der Waals surface area contributed by atoms with E-state index in [1.165, 1.54) is 25.3 Å². The first-order valence-electron chi connectivity index (χ1n) is 10.1. The zero-order valence-corrected chi connectivity index (χ0v) is 17.2. The van der Waals surface area contributed by atoms with Gasteiger partial charge < -0.3 is 10.6 Å². The summed E-state index contributed by atoms with van der Waals surface area (Å²) in [6.07, 6.45) is 11.1. The van der Waals surface area contributed by atoms with E-state index >= 15 is 0 Å². The lowest BCUT2D eigenvalue weighted by Crippen LogP contribution is -2.22. The summed E-state index contributed by atoms with van der Waals surface area (Å²) in [4.78, 5) is 8.69. The van der Waals surface area contributed by atoms with Crippen LogP contribution in [0.5, 0.6) is 0 Å². The Morgan fingerprint density at radius 2 is 1.83 bits per heavy atom. The highest BCUT2D eigenvalue weighted by atomic mass is 35.5. The number of rotatable bonds is 6. The molecule has 2 aromatic heterocycles. The third kappa shape index (κ3) is 5.05. The summed E-state index contributed by atoms with van der Waals surface area (Å²) in [5.41, 5.74) is 2.57. The van der Waals surface area contributed by atoms with Crippen LogP contribution in [0.2, 0.25) is 5.02 Å². The van der Waals surface area contributed by atoms with E-state index in [1.54, 1.807) is 18.6 Å². The van der Waals surface area contributed by atoms with Crippen molar-refractivity contribution < 1.29 is 8.78 Å². The smallest absolute Gasteiger partial charge is 0.128 e. The highest BCUT2D eigenvalue weighted by Gasteiger charge is 2.15. The molecule has 0 spiro atoms. The van der Waals surface area contributed by atoms with Crippen molar-refractivity contribution in [1.29, 1.82) is 0 Å². The molecule has 0 bridgehead atoms. The number of hydrogen-bond acceptors (Lipinski definition) is 4. The highest BCUT2D eigenvalue weighted by Crippen LogP contribution is 2.31. The molecule has 1 fully saturated rings. The molecular weight excluding hydrogens is 406 g/mol. The summed E-state index contributed by atoms with van der Waals surface area (Å²) in [7, 11) is 0. The van der Waals surface area contributed by atoms with Crippen molar-refractivity contribution in [2.24, 2.45) is 0 Å². The Kier molecular flexibility index (Phi) is 6.43. The van der Waals surface area contributed by atoms with Crippen LogP contribution in [-0.4, -0.2) is 16.0 Å². The van der Waals surface area contributed by atoms with Crippen LogP contribution in [0.3, 0.4) is 0 Å². The minimum Gasteiger partial charge on any atom is -0.380 e. The van der Waals surface area contributed by atoms with E-state index in [-0.39, 0.29) is 12.1 Å². The molecule has 2 N–H and O–H groups in total. The van der Waals surface area contributed by atoms with Crippen molar-refractivity contribution in [1.82, 2.24) is 9.97 Å². The largest absolute Gasteiger partial charge is 0.380 e. The maximum atomic E-state index is 13.9. The Balaban J connectivity index is 1.51. The lowest BCUT2D eigenvalue weighted by Gasteiger charge is -2.23. The first-order valence-corrected chi connectivity index (χ1v) is 10.5. The summed E-state index contributed by atoms with van der Waals surface area (Å²) in [5, 5.41) is 7.13. The van der Waals surface area contributed by atoms with Gasteiger partial charge in [0.2, 0.25) is 0 Å². The number of hydrogen-bond donors (Lipinski definition) is 2. The molecule has 1 aromatic carbocycles. The van der Waals surface area contributed by atoms with E-state index in [0.717, 1.165) is 41.9 Å². The van der Waals surface area contributed by atoms with Crippen molar-refractivity contribution in [2.75, 3.05) is 10.6 Å². The number of anilines is 2. The Morgan fingerprint density at radius 3 is 2.67 bits per heavy atom. The molecule has 3 aromatic rings. The number of aromatic nitrogens is 2. The fourth-order valence-electron chi connectivity index (χ4n) is 3.75. The van der Waals surface area contributed by atoms with Crippen molar-refractivity contribution in [3.05, 3.63) is 71.1 Å². The van der Waals surface area contributed by atoms with Crippen molar-refractivity contribution in [3.63, 3.8) is 0 Å². The number of nitrogens with zero attached hydrogens (tertiary/aromatic N) is 2. The minimum absolute atomic E-state index is 0.146. The maximum absolute atomic E-state index is 13.9. The second-order valence-corrected chi connectivity index (χ2v) is 7.99. The molecule has 30 heavy (non-hydrogen) atoms. The Bertz CT molecular complexity index is 1020. The fourth-order valence-corrected chi connectivity index (χ4v) is 3.97. The van der Waals surface area contributed by atoms with Gasteiger partial charge in [-0.25, -0.2) is 13.8 Å². The Hall–Kier alpha value is -2.73. The summed E-state index contributed by atoms with van der Waals surface area (Å²) in [6, 6.07) is 7.67. The minimum atomic E-state index is -0.471. The molecule has 0 unspecified atom stereocenters. The third-order valence-corrected chi connectivity index (χ3v) is 5.65. The topological polar surface area (TPSA) is 49.8 Å². The lowest BCUT2D eigenvalue weighted by atomic mass is 9.95.